The fourth-order valence-corrected chi connectivity index (χ4v) is 4.72. The van der Waals surface area contributed by atoms with E-state index in [1.165, 1.54) is 12.1 Å². The first-order valence-corrected chi connectivity index (χ1v) is 11.7. The Morgan fingerprint density at radius 2 is 1.71 bits per heavy atom. The van der Waals surface area contributed by atoms with Crippen molar-refractivity contribution in [2.24, 2.45) is 5.92 Å². The van der Waals surface area contributed by atoms with Gasteiger partial charge in [0.2, 0.25) is 0 Å². The van der Waals surface area contributed by atoms with Crippen LogP contribution in [0.25, 0.3) is 0 Å². The molecule has 0 saturated carbocycles. The van der Waals surface area contributed by atoms with Gasteiger partial charge in [-0.15, -0.1) is 11.6 Å². The van der Waals surface area contributed by atoms with Crippen molar-refractivity contribution in [1.82, 2.24) is 4.90 Å². The molecule has 0 spiro atoms. The van der Waals surface area contributed by atoms with E-state index in [2.05, 4.69) is 11.0 Å². The molecule has 0 amide bonds. The van der Waals surface area contributed by atoms with E-state index < -0.39 is 5.41 Å². The fourth-order valence-electron chi connectivity index (χ4n) is 4.59. The topological polar surface area (TPSA) is 44.1 Å². The van der Waals surface area contributed by atoms with Crippen LogP contribution in [-0.2, 0) is 5.41 Å². The van der Waals surface area contributed by atoms with Gasteiger partial charge in [-0.1, -0.05) is 30.3 Å². The Labute approximate surface area is 189 Å². The number of piperidine rings is 1. The van der Waals surface area contributed by atoms with Crippen LogP contribution in [0.2, 0.25) is 0 Å². The Morgan fingerprint density at radius 3 is 2.32 bits per heavy atom. The second kappa shape index (κ2) is 11.4. The molecule has 5 heteroatoms. The minimum atomic E-state index is -0.493. The number of carbonyl (C=O) groups excluding carboxylic acids is 1. The minimum Gasteiger partial charge on any atom is -0.303 e. The van der Waals surface area contributed by atoms with Crippen LogP contribution in [0.5, 0.6) is 0 Å². The Balaban J connectivity index is 1.51. The summed E-state index contributed by atoms with van der Waals surface area (Å²) in [4.78, 5) is 15.1. The van der Waals surface area contributed by atoms with Gasteiger partial charge in [-0.3, -0.25) is 4.79 Å². The van der Waals surface area contributed by atoms with Crippen LogP contribution in [0.1, 0.15) is 54.4 Å². The van der Waals surface area contributed by atoms with Crippen molar-refractivity contribution in [3.05, 3.63) is 71.5 Å². The average molecular weight is 441 g/mol. The number of halogens is 2. The van der Waals surface area contributed by atoms with Gasteiger partial charge >= 0.3 is 0 Å². The number of hydrogen-bond acceptors (Lipinski definition) is 3. The molecule has 0 N–H and O–H groups in total. The molecule has 1 aliphatic rings. The molecule has 31 heavy (non-hydrogen) atoms. The number of likely N-dealkylation sites (tertiary alicyclic amines) is 1. The number of hydrogen-bond donors (Lipinski definition) is 0. The number of benzene rings is 2. The molecule has 1 fully saturated rings. The van der Waals surface area contributed by atoms with E-state index in [9.17, 15) is 14.4 Å². The van der Waals surface area contributed by atoms with Crippen LogP contribution in [0, 0.1) is 23.1 Å². The zero-order chi connectivity index (χ0) is 22.1. The van der Waals surface area contributed by atoms with Crippen molar-refractivity contribution < 1.29 is 9.18 Å². The molecule has 0 aliphatic carbocycles. The predicted molar refractivity (Wildman–Crippen MR) is 123 cm³/mol. The summed E-state index contributed by atoms with van der Waals surface area (Å²) in [6, 6.07) is 18.5. The lowest BCUT2D eigenvalue weighted by Gasteiger charge is -2.33. The zero-order valence-electron chi connectivity index (χ0n) is 17.9. The molecule has 1 unspecified atom stereocenters. The lowest BCUT2D eigenvalue weighted by atomic mass is 9.74. The smallest absolute Gasteiger partial charge is 0.166 e. The SMILES string of the molecule is N#CC(CCCCl)(CCCN1CCC(C(=O)c2ccc(F)cc2)CC1)c1ccccc1. The van der Waals surface area contributed by atoms with E-state index in [0.717, 1.165) is 63.7 Å². The highest BCUT2D eigenvalue weighted by Gasteiger charge is 2.32. The van der Waals surface area contributed by atoms with Crippen molar-refractivity contribution in [2.45, 2.75) is 43.9 Å². The summed E-state index contributed by atoms with van der Waals surface area (Å²) in [6.07, 6.45) is 4.97. The van der Waals surface area contributed by atoms with Gasteiger partial charge in [0, 0.05) is 17.4 Å². The fraction of sp³-hybridized carbons (Fsp3) is 0.462. The average Bonchev–Trinajstić information content (AvgIpc) is 2.82. The summed E-state index contributed by atoms with van der Waals surface area (Å²) < 4.78 is 13.1. The Bertz CT molecular complexity index is 873. The maximum atomic E-state index is 13.1. The third-order valence-electron chi connectivity index (χ3n) is 6.44. The third-order valence-corrected chi connectivity index (χ3v) is 6.71. The first-order valence-electron chi connectivity index (χ1n) is 11.1. The summed E-state index contributed by atoms with van der Waals surface area (Å²) in [7, 11) is 0. The lowest BCUT2D eigenvalue weighted by Crippen LogP contribution is -2.37. The molecule has 3 rings (SSSR count). The van der Waals surface area contributed by atoms with E-state index in [1.54, 1.807) is 12.1 Å². The molecule has 1 saturated heterocycles. The number of alkyl halides is 1. The Kier molecular flexibility index (Phi) is 8.63. The lowest BCUT2D eigenvalue weighted by molar-refractivity contribution is 0.0838. The maximum Gasteiger partial charge on any atom is 0.166 e. The van der Waals surface area contributed by atoms with Crippen LogP contribution in [0.3, 0.4) is 0 Å². The van der Waals surface area contributed by atoms with E-state index >= 15 is 0 Å². The van der Waals surface area contributed by atoms with Crippen molar-refractivity contribution in [1.29, 1.82) is 5.26 Å². The van der Waals surface area contributed by atoms with E-state index in [1.807, 2.05) is 30.3 Å². The van der Waals surface area contributed by atoms with Gasteiger partial charge in [0.15, 0.2) is 5.78 Å². The molecule has 164 valence electrons. The monoisotopic (exact) mass is 440 g/mol. The highest BCUT2D eigenvalue weighted by Crippen LogP contribution is 2.34. The predicted octanol–water partition coefficient (Wildman–Crippen LogP) is 5.98. The van der Waals surface area contributed by atoms with Crippen LogP contribution >= 0.6 is 11.6 Å². The first kappa shape index (κ1) is 23.4. The minimum absolute atomic E-state index is 0.00736. The second-order valence-electron chi connectivity index (χ2n) is 8.44. The van der Waals surface area contributed by atoms with Crippen molar-refractivity contribution >= 4 is 17.4 Å². The highest BCUT2D eigenvalue weighted by molar-refractivity contribution is 6.17. The number of nitrogens with zero attached hydrogens (tertiary/aromatic N) is 2. The number of rotatable bonds is 10. The number of ketones is 1. The second-order valence-corrected chi connectivity index (χ2v) is 8.82. The van der Waals surface area contributed by atoms with Crippen LogP contribution in [-0.4, -0.2) is 36.2 Å². The normalized spacial score (nSPS) is 17.1. The summed E-state index contributed by atoms with van der Waals surface area (Å²) in [5.41, 5.74) is 1.18. The van der Waals surface area contributed by atoms with Crippen LogP contribution < -0.4 is 0 Å². The van der Waals surface area contributed by atoms with Gasteiger partial charge in [-0.05, 0) is 88.0 Å². The summed E-state index contributed by atoms with van der Waals surface area (Å²) in [5, 5.41) is 10.0. The number of carbonyl (C=O) groups is 1. The molecule has 3 nitrogen and oxygen atoms in total. The quantitative estimate of drug-likeness (QED) is 0.337. The molecule has 0 aromatic heterocycles. The molecule has 2 aromatic carbocycles. The summed E-state index contributed by atoms with van der Waals surface area (Å²) in [6.45, 7) is 2.68. The highest BCUT2D eigenvalue weighted by atomic mass is 35.5. The van der Waals surface area contributed by atoms with Gasteiger partial charge in [0.05, 0.1) is 11.5 Å². The zero-order valence-corrected chi connectivity index (χ0v) is 18.7. The Hall–Kier alpha value is -2.22. The van der Waals surface area contributed by atoms with Crippen LogP contribution in [0.15, 0.2) is 54.6 Å². The van der Waals surface area contributed by atoms with Gasteiger partial charge in [-0.2, -0.15) is 5.26 Å². The molecule has 1 aliphatic heterocycles. The van der Waals surface area contributed by atoms with Crippen LogP contribution in [0.4, 0.5) is 4.39 Å². The number of Topliss-reactive ketones (excluding diaryl/α,β-unsaturated/α-hetero) is 1. The van der Waals surface area contributed by atoms with E-state index in [0.29, 0.717) is 11.4 Å². The van der Waals surface area contributed by atoms with E-state index in [-0.39, 0.29) is 17.5 Å². The molecule has 1 atom stereocenters. The maximum absolute atomic E-state index is 13.1. The van der Waals surface area contributed by atoms with Gasteiger partial charge in [0.25, 0.3) is 0 Å². The van der Waals surface area contributed by atoms with Crippen molar-refractivity contribution in [2.75, 3.05) is 25.5 Å². The third kappa shape index (κ3) is 6.15. The summed E-state index contributed by atoms with van der Waals surface area (Å²) in [5.74, 6) is 0.369. The van der Waals surface area contributed by atoms with Gasteiger partial charge in [0.1, 0.15) is 5.82 Å². The molecule has 0 radical (unpaired) electrons. The standard InChI is InChI=1S/C26H30ClFN2O/c27-16-4-14-26(20-29,23-6-2-1-3-7-23)15-5-17-30-18-12-22(13-19-30)25(31)21-8-10-24(28)11-9-21/h1-3,6-11,22H,4-5,12-19H2. The molecule has 0 bridgehead atoms. The largest absolute Gasteiger partial charge is 0.303 e. The van der Waals surface area contributed by atoms with Gasteiger partial charge < -0.3 is 4.90 Å². The van der Waals surface area contributed by atoms with E-state index in [4.69, 9.17) is 11.6 Å². The molecule has 2 aromatic rings. The molecular formula is C26H30ClFN2O. The summed E-state index contributed by atoms with van der Waals surface area (Å²) >= 11 is 5.94. The van der Waals surface area contributed by atoms with Crippen molar-refractivity contribution in [3.8, 4) is 6.07 Å². The molecular weight excluding hydrogens is 411 g/mol. The number of nitriles is 1. The van der Waals surface area contributed by atoms with Gasteiger partial charge in [-0.25, -0.2) is 4.39 Å². The molecule has 1 heterocycles. The Morgan fingerprint density at radius 1 is 1.06 bits per heavy atom. The first-order chi connectivity index (χ1) is 15.1. The van der Waals surface area contributed by atoms with Crippen molar-refractivity contribution in [3.63, 3.8) is 0 Å².